The van der Waals surface area contributed by atoms with Gasteiger partial charge in [0.2, 0.25) is 0 Å². The molecule has 1 rings (SSSR count). The van der Waals surface area contributed by atoms with Gasteiger partial charge in [-0.2, -0.15) is 0 Å². The standard InChI is InChI=1S/C9H17N/c1-8(6-7-10)9-4-2-3-5-9/h6,9H,2-5,7,10H2,1H3/b8-6+. The van der Waals surface area contributed by atoms with Gasteiger partial charge in [0, 0.05) is 6.54 Å². The first-order valence-corrected chi connectivity index (χ1v) is 4.21. The first-order valence-electron chi connectivity index (χ1n) is 4.21. The summed E-state index contributed by atoms with van der Waals surface area (Å²) in [7, 11) is 0. The van der Waals surface area contributed by atoms with Gasteiger partial charge >= 0.3 is 0 Å². The molecule has 0 amide bonds. The SMILES string of the molecule is C/C(=C\CN)C1CCCC1. The normalized spacial score (nSPS) is 22.0. The minimum atomic E-state index is 0.711. The summed E-state index contributed by atoms with van der Waals surface area (Å²) in [5, 5.41) is 0. The molecule has 1 aliphatic carbocycles. The van der Waals surface area contributed by atoms with E-state index in [-0.39, 0.29) is 0 Å². The molecule has 58 valence electrons. The molecule has 1 saturated carbocycles. The van der Waals surface area contributed by atoms with Crippen molar-refractivity contribution in [3.05, 3.63) is 11.6 Å². The van der Waals surface area contributed by atoms with Crippen molar-refractivity contribution < 1.29 is 0 Å². The zero-order valence-electron chi connectivity index (χ0n) is 6.77. The van der Waals surface area contributed by atoms with Crippen LogP contribution in [0, 0.1) is 5.92 Å². The van der Waals surface area contributed by atoms with Crippen LogP contribution in [0.1, 0.15) is 32.6 Å². The van der Waals surface area contributed by atoms with Gasteiger partial charge in [0.05, 0.1) is 0 Å². The third kappa shape index (κ3) is 1.84. The summed E-state index contributed by atoms with van der Waals surface area (Å²) >= 11 is 0. The van der Waals surface area contributed by atoms with E-state index in [0.29, 0.717) is 6.54 Å². The van der Waals surface area contributed by atoms with Crippen LogP contribution in [-0.2, 0) is 0 Å². The molecule has 1 heteroatoms. The van der Waals surface area contributed by atoms with Crippen LogP contribution in [0.4, 0.5) is 0 Å². The van der Waals surface area contributed by atoms with E-state index in [9.17, 15) is 0 Å². The van der Waals surface area contributed by atoms with Crippen molar-refractivity contribution in [3.8, 4) is 0 Å². The zero-order chi connectivity index (χ0) is 7.40. The van der Waals surface area contributed by atoms with Gasteiger partial charge in [0.15, 0.2) is 0 Å². The largest absolute Gasteiger partial charge is 0.327 e. The summed E-state index contributed by atoms with van der Waals surface area (Å²) in [5.74, 6) is 0.864. The van der Waals surface area contributed by atoms with Gasteiger partial charge in [0.25, 0.3) is 0 Å². The lowest BCUT2D eigenvalue weighted by Crippen LogP contribution is -2.00. The Morgan fingerprint density at radius 1 is 1.50 bits per heavy atom. The fourth-order valence-electron chi connectivity index (χ4n) is 1.73. The zero-order valence-corrected chi connectivity index (χ0v) is 6.77. The fraction of sp³-hybridized carbons (Fsp3) is 0.778. The predicted octanol–water partition coefficient (Wildman–Crippen LogP) is 2.08. The average molecular weight is 139 g/mol. The second-order valence-corrected chi connectivity index (χ2v) is 3.17. The van der Waals surface area contributed by atoms with Gasteiger partial charge in [-0.3, -0.25) is 0 Å². The number of nitrogens with two attached hydrogens (primary N) is 1. The molecule has 0 aromatic rings. The first kappa shape index (κ1) is 7.80. The average Bonchev–Trinajstić information content (AvgIpc) is 2.38. The van der Waals surface area contributed by atoms with Crippen molar-refractivity contribution in [1.82, 2.24) is 0 Å². The highest BCUT2D eigenvalue weighted by molar-refractivity contribution is 5.05. The Bertz CT molecular complexity index is 121. The van der Waals surface area contributed by atoms with Crippen molar-refractivity contribution >= 4 is 0 Å². The monoisotopic (exact) mass is 139 g/mol. The van der Waals surface area contributed by atoms with Gasteiger partial charge < -0.3 is 5.73 Å². The molecule has 0 aliphatic heterocycles. The van der Waals surface area contributed by atoms with Gasteiger partial charge in [-0.15, -0.1) is 0 Å². The second-order valence-electron chi connectivity index (χ2n) is 3.17. The van der Waals surface area contributed by atoms with Crippen LogP contribution in [-0.4, -0.2) is 6.54 Å². The second kappa shape index (κ2) is 3.77. The molecule has 0 aromatic carbocycles. The Kier molecular flexibility index (Phi) is 2.94. The summed E-state index contributed by atoms with van der Waals surface area (Å²) in [6.07, 6.45) is 7.78. The van der Waals surface area contributed by atoms with E-state index < -0.39 is 0 Å². The molecule has 0 heterocycles. The molecular weight excluding hydrogens is 122 g/mol. The highest BCUT2D eigenvalue weighted by Gasteiger charge is 2.15. The minimum absolute atomic E-state index is 0.711. The maximum Gasteiger partial charge on any atom is 0.0109 e. The quantitative estimate of drug-likeness (QED) is 0.582. The van der Waals surface area contributed by atoms with Crippen molar-refractivity contribution in [1.29, 1.82) is 0 Å². The molecule has 0 bridgehead atoms. The van der Waals surface area contributed by atoms with Crippen LogP contribution in [0.3, 0.4) is 0 Å². The molecule has 1 nitrogen and oxygen atoms in total. The fourth-order valence-corrected chi connectivity index (χ4v) is 1.73. The van der Waals surface area contributed by atoms with E-state index in [1.54, 1.807) is 0 Å². The van der Waals surface area contributed by atoms with Crippen LogP contribution in [0.15, 0.2) is 11.6 Å². The maximum atomic E-state index is 5.42. The van der Waals surface area contributed by atoms with E-state index in [0.717, 1.165) is 5.92 Å². The van der Waals surface area contributed by atoms with E-state index in [2.05, 4.69) is 13.0 Å². The van der Waals surface area contributed by atoms with Crippen molar-refractivity contribution in [2.75, 3.05) is 6.54 Å². The topological polar surface area (TPSA) is 26.0 Å². The van der Waals surface area contributed by atoms with Gasteiger partial charge in [-0.25, -0.2) is 0 Å². The molecule has 0 spiro atoms. The highest BCUT2D eigenvalue weighted by Crippen LogP contribution is 2.30. The molecule has 0 aromatic heterocycles. The molecular formula is C9H17N. The number of allylic oxidation sites excluding steroid dienone is 1. The Hall–Kier alpha value is -0.300. The van der Waals surface area contributed by atoms with Gasteiger partial charge in [-0.05, 0) is 25.7 Å². The smallest absolute Gasteiger partial charge is 0.0109 e. The van der Waals surface area contributed by atoms with Crippen LogP contribution in [0.2, 0.25) is 0 Å². The molecule has 0 saturated heterocycles. The molecule has 0 radical (unpaired) electrons. The van der Waals surface area contributed by atoms with Crippen LogP contribution in [0.5, 0.6) is 0 Å². The first-order chi connectivity index (χ1) is 4.84. The van der Waals surface area contributed by atoms with Crippen LogP contribution in [0.25, 0.3) is 0 Å². The lowest BCUT2D eigenvalue weighted by molar-refractivity contribution is 0.640. The highest BCUT2D eigenvalue weighted by atomic mass is 14.5. The minimum Gasteiger partial charge on any atom is -0.327 e. The molecule has 0 atom stereocenters. The number of hydrogen-bond donors (Lipinski definition) is 1. The lowest BCUT2D eigenvalue weighted by Gasteiger charge is -2.07. The summed E-state index contributed by atoms with van der Waals surface area (Å²) in [6.45, 7) is 2.92. The number of hydrogen-bond acceptors (Lipinski definition) is 1. The van der Waals surface area contributed by atoms with Crippen molar-refractivity contribution in [2.24, 2.45) is 11.7 Å². The van der Waals surface area contributed by atoms with Crippen LogP contribution >= 0.6 is 0 Å². The molecule has 1 aliphatic rings. The Morgan fingerprint density at radius 3 is 2.60 bits per heavy atom. The maximum absolute atomic E-state index is 5.42. The van der Waals surface area contributed by atoms with Crippen molar-refractivity contribution in [3.63, 3.8) is 0 Å². The van der Waals surface area contributed by atoms with E-state index in [4.69, 9.17) is 5.73 Å². The lowest BCUT2D eigenvalue weighted by atomic mass is 9.99. The van der Waals surface area contributed by atoms with E-state index in [1.807, 2.05) is 0 Å². The summed E-state index contributed by atoms with van der Waals surface area (Å²) in [4.78, 5) is 0. The summed E-state index contributed by atoms with van der Waals surface area (Å²) in [5.41, 5.74) is 6.93. The van der Waals surface area contributed by atoms with E-state index in [1.165, 1.54) is 31.3 Å². The third-order valence-electron chi connectivity index (χ3n) is 2.44. The van der Waals surface area contributed by atoms with Crippen LogP contribution < -0.4 is 5.73 Å². The molecule has 1 fully saturated rings. The predicted molar refractivity (Wildman–Crippen MR) is 44.8 cm³/mol. The third-order valence-corrected chi connectivity index (χ3v) is 2.44. The van der Waals surface area contributed by atoms with Gasteiger partial charge in [-0.1, -0.05) is 24.5 Å². The Balaban J connectivity index is 2.39. The summed E-state index contributed by atoms with van der Waals surface area (Å²) < 4.78 is 0. The van der Waals surface area contributed by atoms with Crippen molar-refractivity contribution in [2.45, 2.75) is 32.6 Å². The van der Waals surface area contributed by atoms with E-state index >= 15 is 0 Å². The molecule has 10 heavy (non-hydrogen) atoms. The molecule has 0 unspecified atom stereocenters. The van der Waals surface area contributed by atoms with Gasteiger partial charge in [0.1, 0.15) is 0 Å². The Morgan fingerprint density at radius 2 is 2.10 bits per heavy atom. The number of rotatable bonds is 2. The Labute approximate surface area is 63.3 Å². The summed E-state index contributed by atoms with van der Waals surface area (Å²) in [6, 6.07) is 0. The molecule has 2 N–H and O–H groups in total.